The molecule has 3 fully saturated rings. The van der Waals surface area contributed by atoms with Gasteiger partial charge in [0.05, 0.1) is 52.8 Å². The quantitative estimate of drug-likeness (QED) is 0.116. The van der Waals surface area contributed by atoms with Gasteiger partial charge in [-0.05, 0) is 73.7 Å². The van der Waals surface area contributed by atoms with E-state index in [1.54, 1.807) is 66.7 Å². The van der Waals surface area contributed by atoms with E-state index in [9.17, 15) is 45.8 Å². The Kier molecular flexibility index (Phi) is 8.78. The number of aromatic hydroxyl groups is 1. The second-order valence-corrected chi connectivity index (χ2v) is 14.8. The van der Waals surface area contributed by atoms with E-state index in [1.165, 1.54) is 19.2 Å². The standard InChI is InChI=1S/C42H33F6N3O6/c1-21-11-13-25(14-12-21)49-51-37(54)30-20-29-27(35(34-31(52)9-6-10-32(34)57-2)40(30,39(51)56)22-7-4-3-5-8-22)15-16-28-33(29)38(55)50(36(28)53)26-18-23(41(43,44)45)17-24(19-26)42(46,47)48/h3-15,17-19,28-30,33,35,49,52H,16,20H2,1-2H3. The number of rotatable bonds is 6. The first-order chi connectivity index (χ1) is 27.0. The Labute approximate surface area is 321 Å². The van der Waals surface area contributed by atoms with Gasteiger partial charge in [0.25, 0.3) is 11.8 Å². The minimum Gasteiger partial charge on any atom is -0.508 e. The van der Waals surface area contributed by atoms with Crippen molar-refractivity contribution in [2.24, 2.45) is 23.7 Å². The van der Waals surface area contributed by atoms with Gasteiger partial charge in [-0.3, -0.25) is 24.6 Å². The SMILES string of the molecule is COc1cccc(O)c1C1C2=CCC3C(=O)N(c4cc(C(F)(F)F)cc(C(F)(F)F)c4)C(=O)C3C2CC2C(=O)N(Nc3ccc(C)cc3)C(=O)C21c1ccccc1. The molecule has 6 atom stereocenters. The first kappa shape index (κ1) is 37.8. The fourth-order valence-corrected chi connectivity index (χ4v) is 9.38. The number of hydrogen-bond donors (Lipinski definition) is 2. The van der Waals surface area contributed by atoms with E-state index in [-0.39, 0.29) is 36.0 Å². The van der Waals surface area contributed by atoms with E-state index in [0.29, 0.717) is 33.9 Å². The monoisotopic (exact) mass is 789 g/mol. The van der Waals surface area contributed by atoms with Crippen LogP contribution in [0.1, 0.15) is 46.6 Å². The zero-order chi connectivity index (χ0) is 40.8. The molecule has 0 radical (unpaired) electrons. The minimum absolute atomic E-state index is 0.0883. The molecule has 8 rings (SSSR count). The summed E-state index contributed by atoms with van der Waals surface area (Å²) in [6.45, 7) is 1.86. The fourth-order valence-electron chi connectivity index (χ4n) is 9.38. The maximum atomic E-state index is 15.3. The molecular formula is C42H33F6N3O6. The number of ether oxygens (including phenoxy) is 1. The van der Waals surface area contributed by atoms with E-state index in [1.807, 2.05) is 6.92 Å². The van der Waals surface area contributed by atoms with Gasteiger partial charge in [0.1, 0.15) is 11.5 Å². The van der Waals surface area contributed by atoms with Gasteiger partial charge >= 0.3 is 12.4 Å². The Morgan fingerprint density at radius 2 is 1.44 bits per heavy atom. The smallest absolute Gasteiger partial charge is 0.416 e. The van der Waals surface area contributed by atoms with Crippen molar-refractivity contribution in [2.75, 3.05) is 17.4 Å². The van der Waals surface area contributed by atoms with Crippen LogP contribution >= 0.6 is 0 Å². The van der Waals surface area contributed by atoms with Crippen LogP contribution in [0.5, 0.6) is 11.5 Å². The lowest BCUT2D eigenvalue weighted by Gasteiger charge is -2.50. The highest BCUT2D eigenvalue weighted by molar-refractivity contribution is 6.22. The third kappa shape index (κ3) is 5.76. The third-order valence-corrected chi connectivity index (χ3v) is 11.8. The maximum Gasteiger partial charge on any atom is 0.416 e. The van der Waals surface area contributed by atoms with E-state index < -0.39 is 87.8 Å². The number of nitrogens with zero attached hydrogens (tertiary/aromatic N) is 2. The zero-order valence-corrected chi connectivity index (χ0v) is 30.2. The largest absolute Gasteiger partial charge is 0.508 e. The summed E-state index contributed by atoms with van der Waals surface area (Å²) in [6.07, 6.45) is -9.25. The second-order valence-electron chi connectivity index (χ2n) is 14.8. The fraction of sp³-hybridized carbons (Fsp3) is 0.286. The number of phenolic OH excluding ortho intramolecular Hbond substituents is 1. The van der Waals surface area contributed by atoms with Crippen LogP contribution < -0.4 is 15.1 Å². The summed E-state index contributed by atoms with van der Waals surface area (Å²) in [4.78, 5) is 59.1. The van der Waals surface area contributed by atoms with Gasteiger partial charge in [-0.25, -0.2) is 4.90 Å². The van der Waals surface area contributed by atoms with Crippen molar-refractivity contribution in [3.05, 3.63) is 130 Å². The molecule has 2 saturated heterocycles. The number of halogens is 6. The number of hydrazine groups is 1. The number of phenols is 1. The highest BCUT2D eigenvalue weighted by Crippen LogP contribution is 2.66. The Bertz CT molecular complexity index is 2330. The van der Waals surface area contributed by atoms with Crippen LogP contribution in [0, 0.1) is 30.6 Å². The number of anilines is 2. The van der Waals surface area contributed by atoms with E-state index >= 15 is 4.79 Å². The van der Waals surface area contributed by atoms with E-state index in [0.717, 1.165) is 10.6 Å². The summed E-state index contributed by atoms with van der Waals surface area (Å²) >= 11 is 0. The average molecular weight is 790 g/mol. The summed E-state index contributed by atoms with van der Waals surface area (Å²) in [7, 11) is 1.35. The summed E-state index contributed by atoms with van der Waals surface area (Å²) in [5.74, 6) is -9.67. The summed E-state index contributed by atoms with van der Waals surface area (Å²) < 4.78 is 89.3. The number of methoxy groups -OCH3 is 1. The van der Waals surface area contributed by atoms with Gasteiger partial charge in [0, 0.05) is 11.5 Å². The predicted molar refractivity (Wildman–Crippen MR) is 192 cm³/mol. The number of imide groups is 2. The van der Waals surface area contributed by atoms with Crippen molar-refractivity contribution in [2.45, 2.75) is 43.5 Å². The van der Waals surface area contributed by atoms with Crippen LogP contribution in [0.2, 0.25) is 0 Å². The maximum absolute atomic E-state index is 15.3. The number of carbonyl (C=O) groups excluding carboxylic acids is 4. The van der Waals surface area contributed by atoms with Crippen LogP contribution in [-0.2, 0) is 36.9 Å². The first-order valence-electron chi connectivity index (χ1n) is 18.0. The van der Waals surface area contributed by atoms with Crippen molar-refractivity contribution in [3.8, 4) is 11.5 Å². The molecule has 0 spiro atoms. The van der Waals surface area contributed by atoms with Crippen LogP contribution in [-0.4, -0.2) is 40.9 Å². The Hall–Kier alpha value is -6.12. The molecule has 2 aliphatic heterocycles. The molecule has 2 aliphatic carbocycles. The molecule has 2 heterocycles. The van der Waals surface area contributed by atoms with Crippen molar-refractivity contribution >= 4 is 35.0 Å². The van der Waals surface area contributed by atoms with Crippen molar-refractivity contribution in [1.29, 1.82) is 0 Å². The number of aryl methyl sites for hydroxylation is 1. The van der Waals surface area contributed by atoms with Crippen molar-refractivity contribution < 1.29 is 55.4 Å². The summed E-state index contributed by atoms with van der Waals surface area (Å²) in [5, 5.41) is 12.5. The van der Waals surface area contributed by atoms with Gasteiger partial charge in [-0.15, -0.1) is 0 Å². The topological polar surface area (TPSA) is 116 Å². The molecule has 4 aliphatic rings. The lowest BCUT2D eigenvalue weighted by molar-refractivity contribution is -0.143. The number of hydrogen-bond acceptors (Lipinski definition) is 7. The van der Waals surface area contributed by atoms with Gasteiger partial charge < -0.3 is 9.84 Å². The molecule has 9 nitrogen and oxygen atoms in total. The van der Waals surface area contributed by atoms with Crippen LogP contribution in [0.4, 0.5) is 37.7 Å². The molecule has 4 aromatic carbocycles. The minimum atomic E-state index is -5.24. The second kappa shape index (κ2) is 13.2. The molecule has 294 valence electrons. The molecule has 6 unspecified atom stereocenters. The number of carbonyl (C=O) groups is 4. The molecule has 4 amide bonds. The molecule has 4 aromatic rings. The predicted octanol–water partition coefficient (Wildman–Crippen LogP) is 7.94. The van der Waals surface area contributed by atoms with E-state index in [2.05, 4.69) is 5.43 Å². The molecule has 57 heavy (non-hydrogen) atoms. The van der Waals surface area contributed by atoms with Gasteiger partial charge in [-0.2, -0.15) is 31.4 Å². The summed E-state index contributed by atoms with van der Waals surface area (Å²) in [6, 6.07) is 20.4. The van der Waals surface area contributed by atoms with Crippen LogP contribution in [0.15, 0.2) is 103 Å². The Morgan fingerprint density at radius 3 is 2.05 bits per heavy atom. The van der Waals surface area contributed by atoms with Crippen molar-refractivity contribution in [1.82, 2.24) is 5.01 Å². The number of allylic oxidation sites excluding steroid dienone is 2. The molecule has 0 bridgehead atoms. The van der Waals surface area contributed by atoms with Gasteiger partial charge in [0.2, 0.25) is 11.8 Å². The summed E-state index contributed by atoms with van der Waals surface area (Å²) in [5.41, 5.74) is -0.908. The van der Waals surface area contributed by atoms with Crippen LogP contribution in [0.3, 0.4) is 0 Å². The Morgan fingerprint density at radius 1 is 0.789 bits per heavy atom. The third-order valence-electron chi connectivity index (χ3n) is 11.8. The molecule has 0 aromatic heterocycles. The highest BCUT2D eigenvalue weighted by Gasteiger charge is 2.71. The number of fused-ring (bicyclic) bond motifs is 4. The lowest BCUT2D eigenvalue weighted by Crippen LogP contribution is -2.53. The number of alkyl halides is 6. The van der Waals surface area contributed by atoms with Gasteiger partial charge in [-0.1, -0.05) is 65.7 Å². The molecule has 1 saturated carbocycles. The number of amides is 4. The van der Waals surface area contributed by atoms with Crippen molar-refractivity contribution in [3.63, 3.8) is 0 Å². The highest BCUT2D eigenvalue weighted by atomic mass is 19.4. The number of nitrogens with one attached hydrogen (secondary N) is 1. The molecule has 2 N–H and O–H groups in total. The zero-order valence-electron chi connectivity index (χ0n) is 30.2. The molecule has 15 heteroatoms. The molecular weight excluding hydrogens is 756 g/mol. The van der Waals surface area contributed by atoms with Crippen LogP contribution in [0.25, 0.3) is 0 Å². The normalized spacial score (nSPS) is 25.9. The number of benzene rings is 4. The first-order valence-corrected chi connectivity index (χ1v) is 18.0. The lowest BCUT2D eigenvalue weighted by atomic mass is 9.49. The Balaban J connectivity index is 1.32. The van der Waals surface area contributed by atoms with Gasteiger partial charge in [0.15, 0.2) is 0 Å². The van der Waals surface area contributed by atoms with E-state index in [4.69, 9.17) is 4.74 Å². The average Bonchev–Trinajstić information content (AvgIpc) is 3.55.